The summed E-state index contributed by atoms with van der Waals surface area (Å²) >= 11 is 17.9. The Hall–Kier alpha value is -4.04. The van der Waals surface area contributed by atoms with Gasteiger partial charge in [0.15, 0.2) is 11.5 Å². The summed E-state index contributed by atoms with van der Waals surface area (Å²) < 4.78 is 16.5. The SMILES string of the molecule is COc1cc(/C=N/NC(=O)c2ccc(OCc3ccc(Cl)cc3Cl)cc2)ccc1OC(=O)c1ccc(Cl)cc1. The fourth-order valence-electron chi connectivity index (χ4n) is 3.33. The molecule has 39 heavy (non-hydrogen) atoms. The minimum Gasteiger partial charge on any atom is -0.493 e. The molecule has 0 spiro atoms. The highest BCUT2D eigenvalue weighted by Crippen LogP contribution is 2.28. The molecule has 4 rings (SSSR count). The van der Waals surface area contributed by atoms with E-state index in [1.807, 2.05) is 0 Å². The Labute approximate surface area is 239 Å². The molecule has 0 aliphatic heterocycles. The van der Waals surface area contributed by atoms with Crippen LogP contribution in [0.4, 0.5) is 0 Å². The van der Waals surface area contributed by atoms with E-state index >= 15 is 0 Å². The molecule has 0 aliphatic rings. The zero-order valence-corrected chi connectivity index (χ0v) is 22.8. The van der Waals surface area contributed by atoms with Crippen molar-refractivity contribution in [1.82, 2.24) is 5.43 Å². The molecule has 0 unspecified atom stereocenters. The number of halogens is 3. The predicted molar refractivity (Wildman–Crippen MR) is 152 cm³/mol. The van der Waals surface area contributed by atoms with Gasteiger partial charge in [0, 0.05) is 26.2 Å². The molecule has 4 aromatic carbocycles. The average molecular weight is 584 g/mol. The van der Waals surface area contributed by atoms with Gasteiger partial charge in [-0.3, -0.25) is 4.79 Å². The van der Waals surface area contributed by atoms with Crippen LogP contribution in [0.25, 0.3) is 0 Å². The molecule has 0 saturated carbocycles. The lowest BCUT2D eigenvalue weighted by atomic mass is 10.2. The lowest BCUT2D eigenvalue weighted by molar-refractivity contribution is 0.0729. The molecule has 10 heteroatoms. The van der Waals surface area contributed by atoms with Crippen LogP contribution in [0.5, 0.6) is 17.2 Å². The van der Waals surface area contributed by atoms with E-state index < -0.39 is 11.9 Å². The van der Waals surface area contributed by atoms with Gasteiger partial charge in [0.1, 0.15) is 12.4 Å². The van der Waals surface area contributed by atoms with Crippen molar-refractivity contribution in [3.63, 3.8) is 0 Å². The quantitative estimate of drug-likeness (QED) is 0.0973. The van der Waals surface area contributed by atoms with Gasteiger partial charge in [-0.1, -0.05) is 40.9 Å². The van der Waals surface area contributed by atoms with Crippen LogP contribution in [0, 0.1) is 0 Å². The van der Waals surface area contributed by atoms with Crippen molar-refractivity contribution < 1.29 is 23.8 Å². The van der Waals surface area contributed by atoms with E-state index in [9.17, 15) is 9.59 Å². The van der Waals surface area contributed by atoms with Crippen LogP contribution in [0.3, 0.4) is 0 Å². The number of carbonyl (C=O) groups is 2. The van der Waals surface area contributed by atoms with E-state index in [0.717, 1.165) is 5.56 Å². The Bertz CT molecular complexity index is 1510. The lowest BCUT2D eigenvalue weighted by Crippen LogP contribution is -2.17. The van der Waals surface area contributed by atoms with Crippen molar-refractivity contribution in [3.8, 4) is 17.2 Å². The van der Waals surface area contributed by atoms with Gasteiger partial charge >= 0.3 is 5.97 Å². The Morgan fingerprint density at radius 1 is 0.821 bits per heavy atom. The smallest absolute Gasteiger partial charge is 0.343 e. The number of methoxy groups -OCH3 is 1. The number of amides is 1. The van der Waals surface area contributed by atoms with Crippen molar-refractivity contribution in [2.24, 2.45) is 5.10 Å². The minimum atomic E-state index is -0.552. The largest absolute Gasteiger partial charge is 0.493 e. The third-order valence-electron chi connectivity index (χ3n) is 5.38. The van der Waals surface area contributed by atoms with Gasteiger partial charge in [-0.15, -0.1) is 0 Å². The summed E-state index contributed by atoms with van der Waals surface area (Å²) in [5, 5.41) is 5.58. The first-order valence-electron chi connectivity index (χ1n) is 11.5. The summed E-state index contributed by atoms with van der Waals surface area (Å²) in [6.07, 6.45) is 1.44. The number of nitrogens with one attached hydrogen (secondary N) is 1. The van der Waals surface area contributed by atoms with Gasteiger partial charge in [-0.05, 0) is 84.4 Å². The number of hydrogen-bond acceptors (Lipinski definition) is 6. The molecular weight excluding hydrogens is 563 g/mol. The van der Waals surface area contributed by atoms with Crippen LogP contribution >= 0.6 is 34.8 Å². The first-order valence-corrected chi connectivity index (χ1v) is 12.6. The highest BCUT2D eigenvalue weighted by atomic mass is 35.5. The second kappa shape index (κ2) is 13.2. The maximum absolute atomic E-state index is 12.5. The molecule has 1 N–H and O–H groups in total. The fourth-order valence-corrected chi connectivity index (χ4v) is 3.91. The number of hydrogen-bond donors (Lipinski definition) is 1. The molecule has 1 amide bonds. The fraction of sp³-hybridized carbons (Fsp3) is 0.0690. The number of carbonyl (C=O) groups excluding carboxylic acids is 2. The molecule has 0 aliphatic carbocycles. The molecule has 0 aromatic heterocycles. The van der Waals surface area contributed by atoms with E-state index in [-0.39, 0.29) is 12.4 Å². The van der Waals surface area contributed by atoms with E-state index in [0.29, 0.717) is 43.3 Å². The first kappa shape index (κ1) is 28.0. The number of rotatable bonds is 9. The van der Waals surface area contributed by atoms with Gasteiger partial charge in [0.25, 0.3) is 5.91 Å². The van der Waals surface area contributed by atoms with E-state index in [1.165, 1.54) is 13.3 Å². The van der Waals surface area contributed by atoms with Crippen molar-refractivity contribution in [2.75, 3.05) is 7.11 Å². The third-order valence-corrected chi connectivity index (χ3v) is 6.21. The average Bonchev–Trinajstić information content (AvgIpc) is 2.94. The summed E-state index contributed by atoms with van der Waals surface area (Å²) in [4.78, 5) is 24.9. The van der Waals surface area contributed by atoms with Crippen LogP contribution < -0.4 is 19.6 Å². The Kier molecular flexibility index (Phi) is 9.44. The van der Waals surface area contributed by atoms with Crippen LogP contribution in [0.2, 0.25) is 15.1 Å². The molecule has 7 nitrogen and oxygen atoms in total. The summed E-state index contributed by atoms with van der Waals surface area (Å²) in [7, 11) is 1.45. The Morgan fingerprint density at radius 3 is 2.21 bits per heavy atom. The highest BCUT2D eigenvalue weighted by Gasteiger charge is 2.13. The third kappa shape index (κ3) is 7.74. The van der Waals surface area contributed by atoms with Crippen LogP contribution in [0.15, 0.2) is 90.0 Å². The van der Waals surface area contributed by atoms with Crippen LogP contribution in [0.1, 0.15) is 31.8 Å². The molecule has 0 bridgehead atoms. The normalized spacial score (nSPS) is 10.8. The van der Waals surface area contributed by atoms with E-state index in [4.69, 9.17) is 49.0 Å². The zero-order chi connectivity index (χ0) is 27.8. The number of ether oxygens (including phenoxy) is 3. The summed E-state index contributed by atoms with van der Waals surface area (Å²) in [6, 6.07) is 23.0. The van der Waals surface area contributed by atoms with Gasteiger partial charge in [-0.2, -0.15) is 5.10 Å². The molecule has 0 radical (unpaired) electrons. The van der Waals surface area contributed by atoms with Crippen LogP contribution in [-0.2, 0) is 6.61 Å². The molecule has 0 fully saturated rings. The van der Waals surface area contributed by atoms with Gasteiger partial charge in [0.05, 0.1) is 18.9 Å². The van der Waals surface area contributed by atoms with Crippen molar-refractivity contribution >= 4 is 52.9 Å². The van der Waals surface area contributed by atoms with Crippen molar-refractivity contribution in [3.05, 3.63) is 122 Å². The van der Waals surface area contributed by atoms with Gasteiger partial charge in [-0.25, -0.2) is 10.2 Å². The molecular formula is C29H21Cl3N2O5. The van der Waals surface area contributed by atoms with Crippen molar-refractivity contribution in [1.29, 1.82) is 0 Å². The van der Waals surface area contributed by atoms with Gasteiger partial charge < -0.3 is 14.2 Å². The summed E-state index contributed by atoms with van der Waals surface area (Å²) in [5.41, 5.74) is 4.62. The molecule has 0 saturated heterocycles. The lowest BCUT2D eigenvalue weighted by Gasteiger charge is -2.10. The highest BCUT2D eigenvalue weighted by molar-refractivity contribution is 6.35. The molecule has 0 heterocycles. The summed E-state index contributed by atoms with van der Waals surface area (Å²) in [5.74, 6) is 0.176. The van der Waals surface area contributed by atoms with Crippen LogP contribution in [-0.4, -0.2) is 25.2 Å². The number of esters is 1. The predicted octanol–water partition coefficient (Wildman–Crippen LogP) is 7.22. The molecule has 4 aromatic rings. The maximum atomic E-state index is 12.5. The van der Waals surface area contributed by atoms with E-state index in [1.54, 1.807) is 84.9 Å². The second-order valence-corrected chi connectivity index (χ2v) is 9.33. The van der Waals surface area contributed by atoms with Crippen molar-refractivity contribution in [2.45, 2.75) is 6.61 Å². The first-order chi connectivity index (χ1) is 18.8. The Balaban J connectivity index is 1.32. The second-order valence-electron chi connectivity index (χ2n) is 8.05. The number of nitrogens with zero attached hydrogens (tertiary/aromatic N) is 1. The zero-order valence-electron chi connectivity index (χ0n) is 20.5. The minimum absolute atomic E-state index is 0.235. The topological polar surface area (TPSA) is 86.2 Å². The summed E-state index contributed by atoms with van der Waals surface area (Å²) in [6.45, 7) is 0.258. The monoisotopic (exact) mass is 582 g/mol. The Morgan fingerprint density at radius 2 is 1.51 bits per heavy atom. The molecule has 0 atom stereocenters. The number of hydrazone groups is 1. The van der Waals surface area contributed by atoms with E-state index in [2.05, 4.69) is 10.5 Å². The van der Waals surface area contributed by atoms with Gasteiger partial charge in [0.2, 0.25) is 0 Å². The maximum Gasteiger partial charge on any atom is 0.343 e. The number of benzene rings is 4. The standard InChI is InChI=1S/C29H21Cl3N2O5/c1-37-27-14-18(2-13-26(27)39-29(36)20-3-8-22(30)9-4-20)16-33-34-28(35)19-6-11-24(12-7-19)38-17-21-5-10-23(31)15-25(21)32/h2-16H,17H2,1H3,(H,34,35)/b33-16+. The molecule has 198 valence electrons.